The van der Waals surface area contributed by atoms with Crippen LogP contribution in [-0.2, 0) is 47.6 Å². The second-order valence-electron chi connectivity index (χ2n) is 6.80. The van der Waals surface area contributed by atoms with E-state index in [9.17, 15) is 22.8 Å². The lowest BCUT2D eigenvalue weighted by Crippen LogP contribution is -2.60. The van der Waals surface area contributed by atoms with E-state index in [-0.39, 0.29) is 4.90 Å². The monoisotopic (exact) mass is 522 g/mol. The van der Waals surface area contributed by atoms with E-state index in [4.69, 9.17) is 23.1 Å². The molecule has 1 aliphatic heterocycles. The van der Waals surface area contributed by atoms with Crippen LogP contribution >= 0.6 is 15.9 Å². The van der Waals surface area contributed by atoms with Crippen molar-refractivity contribution in [1.82, 2.24) is 0 Å². The van der Waals surface area contributed by atoms with Crippen molar-refractivity contribution in [2.45, 2.75) is 62.0 Å². The maximum atomic E-state index is 12.5. The highest BCUT2D eigenvalue weighted by Gasteiger charge is 2.51. The third-order valence-electron chi connectivity index (χ3n) is 4.18. The van der Waals surface area contributed by atoms with Gasteiger partial charge in [0.1, 0.15) is 6.10 Å². The van der Waals surface area contributed by atoms with Crippen LogP contribution in [0.1, 0.15) is 26.3 Å². The molecule has 5 atom stereocenters. The van der Waals surface area contributed by atoms with E-state index in [0.29, 0.717) is 0 Å². The maximum absolute atomic E-state index is 12.5. The van der Waals surface area contributed by atoms with Gasteiger partial charge in [0.25, 0.3) is 10.1 Å². The first kappa shape index (κ1) is 25.2. The first-order valence-electron chi connectivity index (χ1n) is 9.18. The summed E-state index contributed by atoms with van der Waals surface area (Å²) in [5.41, 5.74) is 0.868. The molecule has 2 rings (SSSR count). The first-order valence-corrected chi connectivity index (χ1v) is 11.5. The summed E-state index contributed by atoms with van der Waals surface area (Å²) in [5, 5.41) is -0.997. The number of hydrogen-bond donors (Lipinski definition) is 0. The smallest absolute Gasteiger partial charge is 0.303 e. The minimum Gasteiger partial charge on any atom is -0.456 e. The molecular weight excluding hydrogens is 500 g/mol. The zero-order valence-electron chi connectivity index (χ0n) is 17.3. The molecule has 0 spiro atoms. The van der Waals surface area contributed by atoms with E-state index in [0.717, 1.165) is 26.3 Å². The molecule has 1 aliphatic rings. The van der Waals surface area contributed by atoms with Gasteiger partial charge in [-0.1, -0.05) is 33.6 Å². The molecule has 0 bridgehead atoms. The molecule has 0 radical (unpaired) electrons. The van der Waals surface area contributed by atoms with Crippen molar-refractivity contribution in [3.8, 4) is 0 Å². The fraction of sp³-hybridized carbons (Fsp3) is 0.526. The fourth-order valence-electron chi connectivity index (χ4n) is 2.91. The molecule has 0 aliphatic carbocycles. The van der Waals surface area contributed by atoms with Crippen LogP contribution < -0.4 is 0 Å². The second kappa shape index (κ2) is 10.5. The van der Waals surface area contributed by atoms with Crippen LogP contribution in [0, 0.1) is 6.92 Å². The average molecular weight is 523 g/mol. The van der Waals surface area contributed by atoms with Crippen molar-refractivity contribution in [1.29, 1.82) is 0 Å². The number of hydrogen-bond acceptors (Lipinski definition) is 10. The van der Waals surface area contributed by atoms with Gasteiger partial charge in [-0.25, -0.2) is 0 Å². The summed E-state index contributed by atoms with van der Waals surface area (Å²) in [7, 11) is -4.15. The molecule has 1 aromatic carbocycles. The lowest BCUT2D eigenvalue weighted by atomic mass is 9.99. The molecule has 1 heterocycles. The molecule has 0 amide bonds. The Morgan fingerprint density at radius 3 is 1.90 bits per heavy atom. The minimum absolute atomic E-state index is 0.0670. The fourth-order valence-corrected chi connectivity index (χ4v) is 4.51. The molecule has 0 unspecified atom stereocenters. The number of benzene rings is 1. The normalized spacial score (nSPS) is 26.0. The van der Waals surface area contributed by atoms with Crippen LogP contribution in [0.5, 0.6) is 0 Å². The standard InChI is InChI=1S/C19H23BrO10S/c1-10-5-7-14(8-6-10)31(24,25)26-9-15-16(27-11(2)21)17(28-12(3)22)18(19(20)30-15)29-13(4)23/h5-8,15-19H,9H2,1-4H3/t15-,16+,17-,18-,19-/m0/s1. The van der Waals surface area contributed by atoms with Gasteiger partial charge in [0.05, 0.1) is 11.5 Å². The topological polar surface area (TPSA) is 132 Å². The molecule has 0 aromatic heterocycles. The number of esters is 3. The summed E-state index contributed by atoms with van der Waals surface area (Å²) in [6.07, 6.45) is -4.88. The maximum Gasteiger partial charge on any atom is 0.303 e. The summed E-state index contributed by atoms with van der Waals surface area (Å²) in [6.45, 7) is 4.64. The first-order chi connectivity index (χ1) is 14.4. The third-order valence-corrected chi connectivity index (χ3v) is 6.21. The minimum atomic E-state index is -4.15. The predicted molar refractivity (Wildman–Crippen MR) is 109 cm³/mol. The van der Waals surface area contributed by atoms with Crippen molar-refractivity contribution in [2.24, 2.45) is 0 Å². The van der Waals surface area contributed by atoms with Crippen LogP contribution in [0.15, 0.2) is 29.2 Å². The van der Waals surface area contributed by atoms with Gasteiger partial charge in [0.2, 0.25) is 0 Å². The quantitative estimate of drug-likeness (QED) is 0.225. The van der Waals surface area contributed by atoms with Crippen LogP contribution in [0.3, 0.4) is 0 Å². The van der Waals surface area contributed by atoms with Gasteiger partial charge in [-0.05, 0) is 19.1 Å². The number of rotatable bonds is 7. The van der Waals surface area contributed by atoms with E-state index >= 15 is 0 Å². The highest BCUT2D eigenvalue weighted by Crippen LogP contribution is 2.32. The Labute approximate surface area is 188 Å². The second-order valence-corrected chi connectivity index (χ2v) is 9.32. The van der Waals surface area contributed by atoms with Crippen molar-refractivity contribution >= 4 is 44.0 Å². The Morgan fingerprint density at radius 2 is 1.39 bits per heavy atom. The molecule has 31 heavy (non-hydrogen) atoms. The Balaban J connectivity index is 2.29. The van der Waals surface area contributed by atoms with Gasteiger partial charge in [0.15, 0.2) is 23.3 Å². The summed E-state index contributed by atoms with van der Waals surface area (Å²) >= 11 is 3.18. The molecule has 10 nitrogen and oxygen atoms in total. The highest BCUT2D eigenvalue weighted by molar-refractivity contribution is 9.09. The number of aryl methyl sites for hydroxylation is 1. The molecular formula is C19H23BrO10S. The SMILES string of the molecule is CC(=O)O[C@H]1[C@H](OC(C)=O)[C@H](COS(=O)(=O)c2ccc(C)cc2)O[C@H](Br)[C@H]1OC(C)=O. The van der Waals surface area contributed by atoms with Crippen molar-refractivity contribution in [2.75, 3.05) is 6.61 Å². The Hall–Kier alpha value is -2.02. The van der Waals surface area contributed by atoms with E-state index in [2.05, 4.69) is 15.9 Å². The molecule has 12 heteroatoms. The highest BCUT2D eigenvalue weighted by atomic mass is 79.9. The molecule has 1 fully saturated rings. The Kier molecular flexibility index (Phi) is 8.57. The van der Waals surface area contributed by atoms with E-state index < -0.39 is 64.1 Å². The lowest BCUT2D eigenvalue weighted by Gasteiger charge is -2.42. The zero-order valence-corrected chi connectivity index (χ0v) is 19.7. The predicted octanol–water partition coefficient (Wildman–Crippen LogP) is 1.62. The van der Waals surface area contributed by atoms with Crippen LogP contribution in [0.2, 0.25) is 0 Å². The van der Waals surface area contributed by atoms with Crippen LogP contribution in [0.25, 0.3) is 0 Å². The number of carbonyl (C=O) groups excluding carboxylic acids is 3. The van der Waals surface area contributed by atoms with Crippen molar-refractivity contribution in [3.05, 3.63) is 29.8 Å². The molecule has 0 N–H and O–H groups in total. The van der Waals surface area contributed by atoms with Gasteiger partial charge in [0, 0.05) is 20.8 Å². The number of halogens is 1. The van der Waals surface area contributed by atoms with Crippen LogP contribution in [-0.4, -0.2) is 62.4 Å². The number of alkyl halides is 1. The molecule has 172 valence electrons. The lowest BCUT2D eigenvalue weighted by molar-refractivity contribution is -0.233. The van der Waals surface area contributed by atoms with Gasteiger partial charge in [-0.15, -0.1) is 0 Å². The van der Waals surface area contributed by atoms with Gasteiger partial charge < -0.3 is 18.9 Å². The molecule has 0 saturated carbocycles. The number of carbonyl (C=O) groups is 3. The summed E-state index contributed by atoms with van der Waals surface area (Å²) < 4.78 is 51.4. The Morgan fingerprint density at radius 1 is 0.903 bits per heavy atom. The van der Waals surface area contributed by atoms with Gasteiger partial charge >= 0.3 is 17.9 Å². The van der Waals surface area contributed by atoms with Crippen LogP contribution in [0.4, 0.5) is 0 Å². The summed E-state index contributed by atoms with van der Waals surface area (Å²) in [4.78, 5) is 34.7. The zero-order chi connectivity index (χ0) is 23.3. The number of ether oxygens (including phenoxy) is 4. The van der Waals surface area contributed by atoms with E-state index in [1.54, 1.807) is 12.1 Å². The van der Waals surface area contributed by atoms with Crippen molar-refractivity contribution in [3.63, 3.8) is 0 Å². The van der Waals surface area contributed by atoms with Gasteiger partial charge in [-0.3, -0.25) is 18.6 Å². The van der Waals surface area contributed by atoms with E-state index in [1.807, 2.05) is 6.92 Å². The van der Waals surface area contributed by atoms with Crippen molar-refractivity contribution < 1.29 is 45.9 Å². The third kappa shape index (κ3) is 6.99. The summed E-state index contributed by atoms with van der Waals surface area (Å²) in [6, 6.07) is 6.01. The van der Waals surface area contributed by atoms with E-state index in [1.165, 1.54) is 12.1 Å². The molecule has 1 aromatic rings. The van der Waals surface area contributed by atoms with Gasteiger partial charge in [-0.2, -0.15) is 8.42 Å². The Bertz CT molecular complexity index is 914. The molecule has 1 saturated heterocycles. The largest absolute Gasteiger partial charge is 0.456 e. The average Bonchev–Trinajstić information content (AvgIpc) is 2.65. The summed E-state index contributed by atoms with van der Waals surface area (Å²) in [5.74, 6) is -2.16.